The summed E-state index contributed by atoms with van der Waals surface area (Å²) >= 11 is 12.4. The number of benzene rings is 3. The lowest BCUT2D eigenvalue weighted by atomic mass is 9.95. The summed E-state index contributed by atoms with van der Waals surface area (Å²) in [5, 5.41) is 3.54. The maximum absolute atomic E-state index is 13.6. The van der Waals surface area contributed by atoms with Gasteiger partial charge in [0.05, 0.1) is 28.2 Å². The number of amides is 1. The minimum absolute atomic E-state index is 0.0283. The number of hydrogen-bond donors (Lipinski definition) is 1. The molecule has 0 saturated heterocycles. The molecule has 1 heterocycles. The van der Waals surface area contributed by atoms with Crippen LogP contribution >= 0.6 is 23.2 Å². The molecule has 0 atom stereocenters. The normalized spacial score (nSPS) is 11.6. The average Bonchev–Trinajstić information content (AvgIpc) is 3.19. The van der Waals surface area contributed by atoms with E-state index in [-0.39, 0.29) is 23.1 Å². The van der Waals surface area contributed by atoms with E-state index in [0.29, 0.717) is 47.0 Å². The van der Waals surface area contributed by atoms with E-state index in [1.165, 1.54) is 12.1 Å². The maximum Gasteiger partial charge on any atom is 0.225 e. The fourth-order valence-corrected chi connectivity index (χ4v) is 4.73. The topological polar surface area (TPSA) is 73.2 Å². The second-order valence-electron chi connectivity index (χ2n) is 10.7. The molecule has 0 spiro atoms. The van der Waals surface area contributed by atoms with Gasteiger partial charge in [-0.25, -0.2) is 9.37 Å². The highest BCUT2D eigenvalue weighted by molar-refractivity contribution is 6.31. The molecule has 0 aliphatic carbocycles. The van der Waals surface area contributed by atoms with Gasteiger partial charge in [0.15, 0.2) is 5.78 Å². The highest BCUT2D eigenvalue weighted by Crippen LogP contribution is 2.30. The molecule has 3 aromatic carbocycles. The van der Waals surface area contributed by atoms with Gasteiger partial charge in [0.25, 0.3) is 0 Å². The number of rotatable bonds is 9. The smallest absolute Gasteiger partial charge is 0.225 e. The fourth-order valence-electron chi connectivity index (χ4n) is 4.34. The molecule has 0 unspecified atom stereocenters. The fraction of sp³-hybridized carbons (Fsp3) is 0.323. The Hall–Kier alpha value is -3.42. The van der Waals surface area contributed by atoms with Crippen LogP contribution in [0.25, 0.3) is 11.0 Å². The Kier molecular flexibility index (Phi) is 8.86. The first-order valence-corrected chi connectivity index (χ1v) is 13.8. The van der Waals surface area contributed by atoms with Crippen molar-refractivity contribution in [2.45, 2.75) is 47.1 Å². The molecular formula is C31H32Cl2FN3O3. The monoisotopic (exact) mass is 583 g/mol. The SMILES string of the molecule is CCOc1cc2c(cc1C(=O)Cc1ccc(F)c(Cl)c1)nc(Cc1cc(CNC(=O)C(C)(C)C)ccc1Cl)n2C. The van der Waals surface area contributed by atoms with Crippen LogP contribution in [0.5, 0.6) is 5.75 Å². The Bertz CT molecular complexity index is 1590. The van der Waals surface area contributed by atoms with Crippen LogP contribution in [0.2, 0.25) is 10.0 Å². The summed E-state index contributed by atoms with van der Waals surface area (Å²) in [7, 11) is 1.91. The second kappa shape index (κ2) is 12.0. The minimum atomic E-state index is -0.532. The van der Waals surface area contributed by atoms with E-state index < -0.39 is 11.2 Å². The highest BCUT2D eigenvalue weighted by Gasteiger charge is 2.21. The van der Waals surface area contributed by atoms with Crippen LogP contribution in [-0.2, 0) is 31.2 Å². The zero-order valence-electron chi connectivity index (χ0n) is 23.2. The van der Waals surface area contributed by atoms with Gasteiger partial charge in [-0.2, -0.15) is 0 Å². The minimum Gasteiger partial charge on any atom is -0.493 e. The summed E-state index contributed by atoms with van der Waals surface area (Å²) in [6.07, 6.45) is 0.492. The number of carbonyl (C=O) groups excluding carboxylic acids is 2. The van der Waals surface area contributed by atoms with E-state index in [4.69, 9.17) is 32.9 Å². The third kappa shape index (κ3) is 6.65. The molecule has 1 aromatic heterocycles. The van der Waals surface area contributed by atoms with E-state index in [2.05, 4.69) is 5.32 Å². The third-order valence-corrected chi connectivity index (χ3v) is 7.28. The molecule has 40 heavy (non-hydrogen) atoms. The summed E-state index contributed by atoms with van der Waals surface area (Å²) in [5.74, 6) is 0.462. The van der Waals surface area contributed by atoms with Crippen LogP contribution in [0.4, 0.5) is 4.39 Å². The van der Waals surface area contributed by atoms with Gasteiger partial charge in [-0.1, -0.05) is 62.2 Å². The lowest BCUT2D eigenvalue weighted by Crippen LogP contribution is -2.34. The molecule has 0 radical (unpaired) electrons. The van der Waals surface area contributed by atoms with Gasteiger partial charge in [-0.15, -0.1) is 0 Å². The lowest BCUT2D eigenvalue weighted by molar-refractivity contribution is -0.128. The quantitative estimate of drug-likeness (QED) is 0.213. The van der Waals surface area contributed by atoms with Crippen LogP contribution < -0.4 is 10.1 Å². The molecule has 210 valence electrons. The first-order chi connectivity index (χ1) is 18.9. The molecule has 0 aliphatic heterocycles. The van der Waals surface area contributed by atoms with Crippen molar-refractivity contribution in [3.05, 3.63) is 92.5 Å². The molecule has 0 saturated carbocycles. The number of nitrogens with zero attached hydrogens (tertiary/aromatic N) is 2. The van der Waals surface area contributed by atoms with Crippen molar-refractivity contribution in [2.75, 3.05) is 6.61 Å². The first-order valence-electron chi connectivity index (χ1n) is 13.0. The number of nitrogens with one attached hydrogen (secondary N) is 1. The van der Waals surface area contributed by atoms with Gasteiger partial charge in [-0.3, -0.25) is 9.59 Å². The maximum atomic E-state index is 13.6. The molecule has 0 fully saturated rings. The van der Waals surface area contributed by atoms with Crippen molar-refractivity contribution in [1.29, 1.82) is 0 Å². The lowest BCUT2D eigenvalue weighted by Gasteiger charge is -2.18. The molecule has 4 rings (SSSR count). The van der Waals surface area contributed by atoms with Crippen molar-refractivity contribution < 1.29 is 18.7 Å². The van der Waals surface area contributed by atoms with E-state index >= 15 is 0 Å². The van der Waals surface area contributed by atoms with Crippen LogP contribution in [0.1, 0.15) is 60.6 Å². The highest BCUT2D eigenvalue weighted by atomic mass is 35.5. The van der Waals surface area contributed by atoms with E-state index in [1.807, 2.05) is 63.6 Å². The predicted octanol–water partition coefficient (Wildman–Crippen LogP) is 7.10. The molecule has 0 aliphatic rings. The second-order valence-corrected chi connectivity index (χ2v) is 11.6. The Balaban J connectivity index is 1.63. The number of hydrogen-bond acceptors (Lipinski definition) is 4. The first kappa shape index (κ1) is 29.6. The number of aryl methyl sites for hydroxylation is 1. The summed E-state index contributed by atoms with van der Waals surface area (Å²) in [4.78, 5) is 30.4. The number of ketones is 1. The van der Waals surface area contributed by atoms with Crippen LogP contribution in [0.15, 0.2) is 48.5 Å². The summed E-state index contributed by atoms with van der Waals surface area (Å²) in [6.45, 7) is 8.24. The van der Waals surface area contributed by atoms with Crippen molar-refractivity contribution in [3.8, 4) is 5.75 Å². The Morgan fingerprint density at radius 2 is 1.75 bits per heavy atom. The predicted molar refractivity (Wildman–Crippen MR) is 157 cm³/mol. The van der Waals surface area contributed by atoms with E-state index in [9.17, 15) is 14.0 Å². The number of Topliss-reactive ketones (excluding diaryl/α,β-unsaturated/α-hetero) is 1. The Labute approximate surface area is 243 Å². The average molecular weight is 585 g/mol. The third-order valence-electron chi connectivity index (χ3n) is 6.62. The van der Waals surface area contributed by atoms with Crippen molar-refractivity contribution in [1.82, 2.24) is 14.9 Å². The molecular weight excluding hydrogens is 552 g/mol. The van der Waals surface area contributed by atoms with Gasteiger partial charge < -0.3 is 14.6 Å². The summed E-state index contributed by atoms with van der Waals surface area (Å²) in [6, 6.07) is 13.5. The summed E-state index contributed by atoms with van der Waals surface area (Å²) in [5.41, 5.74) is 3.79. The molecule has 0 bridgehead atoms. The number of fused-ring (bicyclic) bond motifs is 1. The Morgan fingerprint density at radius 3 is 2.42 bits per heavy atom. The van der Waals surface area contributed by atoms with Gasteiger partial charge in [0.1, 0.15) is 17.4 Å². The van der Waals surface area contributed by atoms with Crippen LogP contribution in [-0.4, -0.2) is 27.8 Å². The molecule has 4 aromatic rings. The van der Waals surface area contributed by atoms with Crippen molar-refractivity contribution in [3.63, 3.8) is 0 Å². The molecule has 9 heteroatoms. The zero-order chi connectivity index (χ0) is 29.2. The number of imidazole rings is 1. The number of ether oxygens (including phenoxy) is 1. The van der Waals surface area contributed by atoms with Crippen LogP contribution in [0.3, 0.4) is 0 Å². The summed E-state index contributed by atoms with van der Waals surface area (Å²) < 4.78 is 21.4. The van der Waals surface area contributed by atoms with Crippen molar-refractivity contribution >= 4 is 45.9 Å². The van der Waals surface area contributed by atoms with E-state index in [0.717, 1.165) is 22.5 Å². The zero-order valence-corrected chi connectivity index (χ0v) is 24.7. The Morgan fingerprint density at radius 1 is 1.02 bits per heavy atom. The molecule has 1 N–H and O–H groups in total. The van der Waals surface area contributed by atoms with Gasteiger partial charge in [0, 0.05) is 42.9 Å². The van der Waals surface area contributed by atoms with E-state index in [1.54, 1.807) is 12.1 Å². The largest absolute Gasteiger partial charge is 0.493 e. The van der Waals surface area contributed by atoms with Gasteiger partial charge >= 0.3 is 0 Å². The molecule has 6 nitrogen and oxygen atoms in total. The number of aromatic nitrogens is 2. The van der Waals surface area contributed by atoms with Crippen LogP contribution in [0, 0.1) is 11.2 Å². The number of carbonyl (C=O) groups is 2. The van der Waals surface area contributed by atoms with Gasteiger partial charge in [-0.05, 0) is 47.9 Å². The molecule has 1 amide bonds. The van der Waals surface area contributed by atoms with Gasteiger partial charge in [0.2, 0.25) is 5.91 Å². The van der Waals surface area contributed by atoms with Crippen molar-refractivity contribution in [2.24, 2.45) is 12.5 Å². The standard InChI is InChI=1S/C31H32Cl2FN3O3/c1-6-40-28-16-26-25(15-21(28)27(38)13-18-8-10-24(34)23(33)12-18)36-29(37(26)5)14-20-11-19(7-9-22(20)32)17-35-30(39)31(2,3)4/h7-12,15-16H,6,13-14,17H2,1-5H3,(H,35,39). The number of halogens is 3.